The van der Waals surface area contributed by atoms with Crippen molar-refractivity contribution < 1.29 is 0 Å². The molecular weight excluding hydrogens is 234 g/mol. The molecule has 2 fully saturated rings. The van der Waals surface area contributed by atoms with Gasteiger partial charge in [0.05, 0.1) is 17.1 Å². The second kappa shape index (κ2) is 4.34. The van der Waals surface area contributed by atoms with E-state index in [-0.39, 0.29) is 0 Å². The fraction of sp³-hybridized carbons (Fsp3) is 0.562. The molecule has 1 saturated heterocycles. The van der Waals surface area contributed by atoms with Crippen molar-refractivity contribution in [2.24, 2.45) is 5.41 Å². The fourth-order valence-corrected chi connectivity index (χ4v) is 3.15. The van der Waals surface area contributed by atoms with Crippen LogP contribution in [0.15, 0.2) is 18.2 Å². The van der Waals surface area contributed by atoms with Gasteiger partial charge in [0.25, 0.3) is 0 Å². The molecule has 2 aliphatic rings. The van der Waals surface area contributed by atoms with Crippen molar-refractivity contribution >= 4 is 11.0 Å². The van der Waals surface area contributed by atoms with Gasteiger partial charge in [-0.15, -0.1) is 0 Å². The SMILES string of the molecule is CC.Cc1ccc2nc([C@@H]3C[C@@]4(C)CC4N3)[nH]c2c1. The first-order chi connectivity index (χ1) is 9.14. The largest absolute Gasteiger partial charge is 0.341 e. The molecular formula is C16H23N3. The van der Waals surface area contributed by atoms with Crippen LogP contribution < -0.4 is 5.32 Å². The molecule has 1 saturated carbocycles. The Labute approximate surface area is 114 Å². The van der Waals surface area contributed by atoms with Crippen molar-refractivity contribution in [2.45, 2.75) is 52.6 Å². The van der Waals surface area contributed by atoms with E-state index in [2.05, 4.69) is 42.3 Å². The molecule has 0 amide bonds. The van der Waals surface area contributed by atoms with E-state index in [0.717, 1.165) is 22.9 Å². The van der Waals surface area contributed by atoms with Gasteiger partial charge in [-0.25, -0.2) is 4.98 Å². The quantitative estimate of drug-likeness (QED) is 0.817. The van der Waals surface area contributed by atoms with Crippen LogP contribution in [-0.4, -0.2) is 16.0 Å². The van der Waals surface area contributed by atoms with Gasteiger partial charge in [-0.3, -0.25) is 0 Å². The van der Waals surface area contributed by atoms with Gasteiger partial charge in [-0.1, -0.05) is 26.8 Å². The van der Waals surface area contributed by atoms with Crippen molar-refractivity contribution in [3.63, 3.8) is 0 Å². The number of aromatic amines is 1. The molecule has 1 aliphatic carbocycles. The number of rotatable bonds is 1. The molecule has 2 N–H and O–H groups in total. The van der Waals surface area contributed by atoms with Crippen LogP contribution in [0.1, 0.15) is 51.0 Å². The monoisotopic (exact) mass is 257 g/mol. The van der Waals surface area contributed by atoms with E-state index >= 15 is 0 Å². The Bertz CT molecular complexity index is 601. The van der Waals surface area contributed by atoms with Crippen molar-refractivity contribution in [2.75, 3.05) is 0 Å². The Morgan fingerprint density at radius 2 is 2.05 bits per heavy atom. The molecule has 1 aliphatic heterocycles. The predicted octanol–water partition coefficient (Wildman–Crippen LogP) is 3.71. The summed E-state index contributed by atoms with van der Waals surface area (Å²) >= 11 is 0. The minimum atomic E-state index is 0.423. The van der Waals surface area contributed by atoms with E-state index in [9.17, 15) is 0 Å². The summed E-state index contributed by atoms with van der Waals surface area (Å²) in [4.78, 5) is 8.17. The number of piperidine rings is 1. The highest BCUT2D eigenvalue weighted by Crippen LogP contribution is 2.57. The summed E-state index contributed by atoms with van der Waals surface area (Å²) in [7, 11) is 0. The standard InChI is InChI=1S/C14H17N3.C2H6/c1-8-3-4-9-10(5-8)17-13(16-9)11-6-14(2)7-12(14)15-11;1-2/h3-5,11-12,15H,6-7H2,1-2H3,(H,16,17);1-2H3/t11-,12?,14-;/m0./s1. The summed E-state index contributed by atoms with van der Waals surface area (Å²) in [5, 5.41) is 3.67. The van der Waals surface area contributed by atoms with Crippen LogP contribution in [0.4, 0.5) is 0 Å². The maximum atomic E-state index is 4.70. The summed E-state index contributed by atoms with van der Waals surface area (Å²) in [6.45, 7) is 8.49. The third-order valence-electron chi connectivity index (χ3n) is 4.41. The first kappa shape index (κ1) is 12.7. The van der Waals surface area contributed by atoms with E-state index in [4.69, 9.17) is 4.98 Å². The highest BCUT2D eigenvalue weighted by molar-refractivity contribution is 5.75. The minimum Gasteiger partial charge on any atom is -0.341 e. The fourth-order valence-electron chi connectivity index (χ4n) is 3.15. The maximum Gasteiger partial charge on any atom is 0.124 e. The van der Waals surface area contributed by atoms with Gasteiger partial charge in [0, 0.05) is 6.04 Å². The second-order valence-corrected chi connectivity index (χ2v) is 5.98. The van der Waals surface area contributed by atoms with Gasteiger partial charge >= 0.3 is 0 Å². The summed E-state index contributed by atoms with van der Waals surface area (Å²) in [5.41, 5.74) is 4.06. The zero-order valence-electron chi connectivity index (χ0n) is 12.2. The lowest BCUT2D eigenvalue weighted by atomic mass is 10.0. The van der Waals surface area contributed by atoms with E-state index < -0.39 is 0 Å². The average molecular weight is 257 g/mol. The number of benzene rings is 1. The van der Waals surface area contributed by atoms with Crippen LogP contribution in [0.3, 0.4) is 0 Å². The third-order valence-corrected chi connectivity index (χ3v) is 4.41. The molecule has 1 unspecified atom stereocenters. The highest BCUT2D eigenvalue weighted by Gasteiger charge is 2.57. The number of nitrogens with one attached hydrogen (secondary N) is 2. The van der Waals surface area contributed by atoms with Gasteiger partial charge in [0.15, 0.2) is 0 Å². The van der Waals surface area contributed by atoms with Crippen LogP contribution in [0.5, 0.6) is 0 Å². The zero-order valence-corrected chi connectivity index (χ0v) is 12.2. The Hall–Kier alpha value is -1.35. The number of hydrogen-bond acceptors (Lipinski definition) is 2. The summed E-state index contributed by atoms with van der Waals surface area (Å²) in [6.07, 6.45) is 2.55. The molecule has 2 aromatic rings. The van der Waals surface area contributed by atoms with Crippen LogP contribution >= 0.6 is 0 Å². The molecule has 3 atom stereocenters. The first-order valence-corrected chi connectivity index (χ1v) is 7.36. The first-order valence-electron chi connectivity index (χ1n) is 7.36. The van der Waals surface area contributed by atoms with Crippen molar-refractivity contribution in [1.29, 1.82) is 0 Å². The lowest BCUT2D eigenvalue weighted by Crippen LogP contribution is -2.18. The van der Waals surface area contributed by atoms with E-state index in [1.807, 2.05) is 13.8 Å². The van der Waals surface area contributed by atoms with Gasteiger partial charge in [0.1, 0.15) is 5.82 Å². The molecule has 1 aromatic carbocycles. The molecule has 0 bridgehead atoms. The molecule has 4 rings (SSSR count). The van der Waals surface area contributed by atoms with Crippen molar-refractivity contribution in [3.05, 3.63) is 29.6 Å². The topological polar surface area (TPSA) is 40.7 Å². The van der Waals surface area contributed by atoms with E-state index in [1.165, 1.54) is 18.4 Å². The molecule has 3 nitrogen and oxygen atoms in total. The number of aromatic nitrogens is 2. The Balaban J connectivity index is 0.000000528. The Morgan fingerprint density at radius 1 is 1.26 bits per heavy atom. The van der Waals surface area contributed by atoms with Crippen molar-refractivity contribution in [3.8, 4) is 0 Å². The predicted molar refractivity (Wildman–Crippen MR) is 79.2 cm³/mol. The number of nitrogens with zero attached hydrogens (tertiary/aromatic N) is 1. The molecule has 0 radical (unpaired) electrons. The summed E-state index contributed by atoms with van der Waals surface area (Å²) in [5.74, 6) is 1.11. The molecule has 3 heteroatoms. The van der Waals surface area contributed by atoms with E-state index in [0.29, 0.717) is 11.5 Å². The van der Waals surface area contributed by atoms with Crippen LogP contribution in [0.25, 0.3) is 11.0 Å². The number of fused-ring (bicyclic) bond motifs is 2. The van der Waals surface area contributed by atoms with E-state index in [1.54, 1.807) is 0 Å². The molecule has 1 aromatic heterocycles. The Morgan fingerprint density at radius 3 is 2.74 bits per heavy atom. The second-order valence-electron chi connectivity index (χ2n) is 5.98. The lowest BCUT2D eigenvalue weighted by molar-refractivity contribution is 0.489. The average Bonchev–Trinajstić information content (AvgIpc) is 2.79. The number of aryl methyl sites for hydroxylation is 1. The summed E-state index contributed by atoms with van der Waals surface area (Å²) < 4.78 is 0. The van der Waals surface area contributed by atoms with Gasteiger partial charge in [-0.2, -0.15) is 0 Å². The Kier molecular flexibility index (Phi) is 2.90. The normalized spacial score (nSPS) is 31.8. The minimum absolute atomic E-state index is 0.423. The number of H-pyrrole nitrogens is 1. The van der Waals surface area contributed by atoms with Crippen LogP contribution in [-0.2, 0) is 0 Å². The van der Waals surface area contributed by atoms with Crippen LogP contribution in [0, 0.1) is 12.3 Å². The molecule has 2 heterocycles. The lowest BCUT2D eigenvalue weighted by Gasteiger charge is -2.10. The van der Waals surface area contributed by atoms with Gasteiger partial charge in [0.2, 0.25) is 0 Å². The molecule has 0 spiro atoms. The number of hydrogen-bond donors (Lipinski definition) is 2. The zero-order chi connectivity index (χ0) is 13.6. The summed E-state index contributed by atoms with van der Waals surface area (Å²) in [6, 6.07) is 7.54. The van der Waals surface area contributed by atoms with Gasteiger partial charge < -0.3 is 10.3 Å². The van der Waals surface area contributed by atoms with Crippen LogP contribution in [0.2, 0.25) is 0 Å². The number of imidazole rings is 1. The van der Waals surface area contributed by atoms with Crippen molar-refractivity contribution in [1.82, 2.24) is 15.3 Å². The van der Waals surface area contributed by atoms with Gasteiger partial charge in [-0.05, 0) is 42.9 Å². The smallest absolute Gasteiger partial charge is 0.124 e. The molecule has 102 valence electrons. The maximum absolute atomic E-state index is 4.70. The molecule has 19 heavy (non-hydrogen) atoms. The third kappa shape index (κ3) is 2.06. The highest BCUT2D eigenvalue weighted by atomic mass is 15.1.